The number of fused-ring (bicyclic) bond motifs is 1. The molecule has 3 heteroatoms. The van der Waals surface area contributed by atoms with Crippen molar-refractivity contribution in [1.82, 2.24) is 0 Å². The van der Waals surface area contributed by atoms with Crippen LogP contribution in [-0.4, -0.2) is 19.2 Å². The molecule has 0 saturated carbocycles. The van der Waals surface area contributed by atoms with Crippen LogP contribution in [0.2, 0.25) is 0 Å². The van der Waals surface area contributed by atoms with E-state index >= 15 is 0 Å². The van der Waals surface area contributed by atoms with Gasteiger partial charge in [0.05, 0.1) is 7.11 Å². The average molecular weight is 206 g/mol. The van der Waals surface area contributed by atoms with E-state index in [9.17, 15) is 4.79 Å². The van der Waals surface area contributed by atoms with Crippen molar-refractivity contribution < 1.29 is 14.3 Å². The summed E-state index contributed by atoms with van der Waals surface area (Å²) in [7, 11) is 1.57. The Kier molecular flexibility index (Phi) is 2.39. The van der Waals surface area contributed by atoms with Crippen LogP contribution in [0.1, 0.15) is 28.4 Å². The number of rotatable bonds is 1. The van der Waals surface area contributed by atoms with Crippen molar-refractivity contribution in [2.75, 3.05) is 7.11 Å². The molecule has 1 atom stereocenters. The van der Waals surface area contributed by atoms with Gasteiger partial charge in [0.25, 0.3) is 0 Å². The van der Waals surface area contributed by atoms with Crippen molar-refractivity contribution in [2.45, 2.75) is 26.4 Å². The Labute approximate surface area is 89.0 Å². The van der Waals surface area contributed by atoms with E-state index in [4.69, 9.17) is 9.47 Å². The highest BCUT2D eigenvalue weighted by Gasteiger charge is 2.28. The molecule has 3 nitrogen and oxygen atoms in total. The van der Waals surface area contributed by atoms with Gasteiger partial charge in [-0.25, -0.2) is 4.79 Å². The Morgan fingerprint density at radius 2 is 2.20 bits per heavy atom. The molecule has 0 aliphatic carbocycles. The second-order valence-corrected chi connectivity index (χ2v) is 3.86. The molecule has 0 spiro atoms. The van der Waals surface area contributed by atoms with Crippen molar-refractivity contribution in [3.05, 3.63) is 28.8 Å². The third-order valence-electron chi connectivity index (χ3n) is 2.73. The van der Waals surface area contributed by atoms with Gasteiger partial charge in [0.15, 0.2) is 0 Å². The van der Waals surface area contributed by atoms with Crippen LogP contribution in [0.15, 0.2) is 12.1 Å². The zero-order valence-electron chi connectivity index (χ0n) is 9.16. The number of esters is 1. The lowest BCUT2D eigenvalue weighted by Crippen LogP contribution is -2.26. The van der Waals surface area contributed by atoms with Gasteiger partial charge in [-0.15, -0.1) is 0 Å². The molecule has 80 valence electrons. The molecule has 1 aliphatic rings. The first-order chi connectivity index (χ1) is 7.13. The molecule has 1 heterocycles. The fourth-order valence-corrected chi connectivity index (χ4v) is 1.96. The summed E-state index contributed by atoms with van der Waals surface area (Å²) in [4.78, 5) is 11.7. The number of cyclic esters (lactones) is 1. The summed E-state index contributed by atoms with van der Waals surface area (Å²) < 4.78 is 10.4. The summed E-state index contributed by atoms with van der Waals surface area (Å²) in [5.41, 5.74) is 2.77. The van der Waals surface area contributed by atoms with Gasteiger partial charge in [0.2, 0.25) is 0 Å². The van der Waals surface area contributed by atoms with Crippen LogP contribution in [0.3, 0.4) is 0 Å². The van der Waals surface area contributed by atoms with Gasteiger partial charge in [-0.1, -0.05) is 6.07 Å². The first-order valence-corrected chi connectivity index (χ1v) is 5.01. The smallest absolute Gasteiger partial charge is 0.342 e. The number of carbonyl (C=O) groups is 1. The van der Waals surface area contributed by atoms with Crippen molar-refractivity contribution >= 4 is 5.97 Å². The molecule has 0 radical (unpaired) electrons. The second-order valence-electron chi connectivity index (χ2n) is 3.86. The third kappa shape index (κ3) is 1.58. The van der Waals surface area contributed by atoms with Crippen molar-refractivity contribution in [3.63, 3.8) is 0 Å². The lowest BCUT2D eigenvalue weighted by Gasteiger charge is -2.24. The minimum absolute atomic E-state index is 0.0455. The molecular weight excluding hydrogens is 192 g/mol. The summed E-state index contributed by atoms with van der Waals surface area (Å²) in [6.45, 7) is 3.91. The van der Waals surface area contributed by atoms with Gasteiger partial charge in [-0.05, 0) is 31.0 Å². The molecule has 0 bridgehead atoms. The number of hydrogen-bond acceptors (Lipinski definition) is 3. The van der Waals surface area contributed by atoms with Gasteiger partial charge in [-0.2, -0.15) is 0 Å². The number of aryl methyl sites for hydroxylation is 1. The maximum absolute atomic E-state index is 11.7. The summed E-state index contributed by atoms with van der Waals surface area (Å²) in [5, 5.41) is 0. The maximum atomic E-state index is 11.7. The van der Waals surface area contributed by atoms with Crippen LogP contribution in [0.5, 0.6) is 5.75 Å². The summed E-state index contributed by atoms with van der Waals surface area (Å²) >= 11 is 0. The predicted molar refractivity (Wildman–Crippen MR) is 56.3 cm³/mol. The molecule has 0 aromatic heterocycles. The van der Waals surface area contributed by atoms with Crippen LogP contribution in [-0.2, 0) is 11.2 Å². The van der Waals surface area contributed by atoms with E-state index in [0.29, 0.717) is 11.3 Å². The summed E-state index contributed by atoms with van der Waals surface area (Å²) in [6.07, 6.45) is 0.722. The number of hydrogen-bond donors (Lipinski definition) is 0. The minimum atomic E-state index is -0.274. The molecule has 15 heavy (non-hydrogen) atoms. The highest BCUT2D eigenvalue weighted by molar-refractivity contribution is 5.95. The van der Waals surface area contributed by atoms with E-state index in [2.05, 4.69) is 0 Å². The molecule has 1 aromatic rings. The van der Waals surface area contributed by atoms with Crippen LogP contribution >= 0.6 is 0 Å². The van der Waals surface area contributed by atoms with E-state index in [-0.39, 0.29) is 12.1 Å². The van der Waals surface area contributed by atoms with E-state index in [1.807, 2.05) is 26.0 Å². The van der Waals surface area contributed by atoms with Crippen LogP contribution in [0.4, 0.5) is 0 Å². The minimum Gasteiger partial charge on any atom is -0.496 e. The highest BCUT2D eigenvalue weighted by atomic mass is 16.5. The van der Waals surface area contributed by atoms with Crippen molar-refractivity contribution in [3.8, 4) is 5.75 Å². The molecule has 0 fully saturated rings. The van der Waals surface area contributed by atoms with Crippen LogP contribution in [0.25, 0.3) is 0 Å². The van der Waals surface area contributed by atoms with E-state index in [1.54, 1.807) is 7.11 Å². The Morgan fingerprint density at radius 3 is 2.87 bits per heavy atom. The van der Waals surface area contributed by atoms with Gasteiger partial charge < -0.3 is 9.47 Å². The largest absolute Gasteiger partial charge is 0.496 e. The lowest BCUT2D eigenvalue weighted by molar-refractivity contribution is 0.0296. The Balaban J connectivity index is 2.61. The molecule has 1 aromatic carbocycles. The topological polar surface area (TPSA) is 35.5 Å². The maximum Gasteiger partial charge on any atom is 0.342 e. The SMILES string of the molecule is COc1ccc(C)c2c1C(=O)O[C@@H](C)C2. The molecular formula is C12H14O3. The second kappa shape index (κ2) is 3.57. The van der Waals surface area contributed by atoms with Gasteiger partial charge >= 0.3 is 5.97 Å². The van der Waals surface area contributed by atoms with E-state index in [0.717, 1.165) is 17.5 Å². The highest BCUT2D eigenvalue weighted by Crippen LogP contribution is 2.31. The normalized spacial score (nSPS) is 19.4. The standard InChI is InChI=1S/C12H14O3/c1-7-4-5-10(14-3)11-9(7)6-8(2)15-12(11)13/h4-5,8H,6H2,1-3H3/t8-/m0/s1. The van der Waals surface area contributed by atoms with Crippen molar-refractivity contribution in [2.24, 2.45) is 0 Å². The predicted octanol–water partition coefficient (Wildman–Crippen LogP) is 2.11. The third-order valence-corrected chi connectivity index (χ3v) is 2.73. The quantitative estimate of drug-likeness (QED) is 0.660. The van der Waals surface area contributed by atoms with Crippen molar-refractivity contribution in [1.29, 1.82) is 0 Å². The molecule has 0 amide bonds. The number of benzene rings is 1. The fourth-order valence-electron chi connectivity index (χ4n) is 1.96. The number of ether oxygens (including phenoxy) is 2. The van der Waals surface area contributed by atoms with E-state index < -0.39 is 0 Å². The molecule has 0 unspecified atom stereocenters. The van der Waals surface area contributed by atoms with Gasteiger partial charge in [0.1, 0.15) is 17.4 Å². The Bertz CT molecular complexity index is 410. The monoisotopic (exact) mass is 206 g/mol. The first kappa shape index (κ1) is 10.0. The first-order valence-electron chi connectivity index (χ1n) is 5.01. The number of carbonyl (C=O) groups excluding carboxylic acids is 1. The van der Waals surface area contributed by atoms with Gasteiger partial charge in [0, 0.05) is 6.42 Å². The van der Waals surface area contributed by atoms with E-state index in [1.165, 1.54) is 0 Å². The lowest BCUT2D eigenvalue weighted by atomic mass is 9.94. The zero-order chi connectivity index (χ0) is 11.0. The van der Waals surface area contributed by atoms with Gasteiger partial charge in [-0.3, -0.25) is 0 Å². The molecule has 0 N–H and O–H groups in total. The molecule has 1 aliphatic heterocycles. The Morgan fingerprint density at radius 1 is 1.47 bits per heavy atom. The fraction of sp³-hybridized carbons (Fsp3) is 0.417. The van der Waals surface area contributed by atoms with Crippen LogP contribution in [0, 0.1) is 6.92 Å². The zero-order valence-corrected chi connectivity index (χ0v) is 9.16. The van der Waals surface area contributed by atoms with Crippen LogP contribution < -0.4 is 4.74 Å². The number of methoxy groups -OCH3 is 1. The Hall–Kier alpha value is -1.51. The molecule has 0 saturated heterocycles. The summed E-state index contributed by atoms with van der Waals surface area (Å²) in [5.74, 6) is 0.330. The summed E-state index contributed by atoms with van der Waals surface area (Å²) in [6, 6.07) is 3.79. The average Bonchev–Trinajstić information content (AvgIpc) is 2.19. The molecule has 2 rings (SSSR count).